The molecular formula is C17H30N4O. The maximum absolute atomic E-state index is 12.2. The second kappa shape index (κ2) is 6.82. The van der Waals surface area contributed by atoms with Gasteiger partial charge in [0.25, 0.3) is 5.91 Å². The quantitative estimate of drug-likeness (QED) is 0.929. The Hall–Kier alpha value is -1.36. The van der Waals surface area contributed by atoms with E-state index in [0.29, 0.717) is 12.2 Å². The van der Waals surface area contributed by atoms with Crippen LogP contribution in [-0.4, -0.2) is 46.8 Å². The van der Waals surface area contributed by atoms with E-state index in [-0.39, 0.29) is 11.4 Å². The average molecular weight is 306 g/mol. The van der Waals surface area contributed by atoms with Crippen LogP contribution in [0.5, 0.6) is 0 Å². The second-order valence-electron chi connectivity index (χ2n) is 7.56. The molecule has 0 spiro atoms. The summed E-state index contributed by atoms with van der Waals surface area (Å²) in [6.45, 7) is 14.5. The number of hydrogen-bond acceptors (Lipinski definition) is 3. The first-order valence-corrected chi connectivity index (χ1v) is 8.35. The van der Waals surface area contributed by atoms with Gasteiger partial charge in [-0.25, -0.2) is 0 Å². The van der Waals surface area contributed by atoms with Gasteiger partial charge >= 0.3 is 0 Å². The molecule has 124 valence electrons. The molecule has 1 aliphatic heterocycles. The van der Waals surface area contributed by atoms with Gasteiger partial charge in [-0.05, 0) is 59.1 Å². The molecule has 22 heavy (non-hydrogen) atoms. The van der Waals surface area contributed by atoms with E-state index < -0.39 is 0 Å². The third-order valence-electron chi connectivity index (χ3n) is 4.21. The van der Waals surface area contributed by atoms with Crippen molar-refractivity contribution in [1.29, 1.82) is 0 Å². The number of carbonyl (C=O) groups is 1. The van der Waals surface area contributed by atoms with Crippen LogP contribution in [0.2, 0.25) is 0 Å². The van der Waals surface area contributed by atoms with Gasteiger partial charge in [-0.1, -0.05) is 6.92 Å². The Kier molecular flexibility index (Phi) is 5.27. The summed E-state index contributed by atoms with van der Waals surface area (Å²) in [6, 6.07) is 1.86. The summed E-state index contributed by atoms with van der Waals surface area (Å²) in [5, 5.41) is 7.45. The van der Waals surface area contributed by atoms with Gasteiger partial charge < -0.3 is 10.2 Å². The molecule has 1 aromatic heterocycles. The molecule has 5 heteroatoms. The average Bonchev–Trinajstić information content (AvgIpc) is 2.81. The Balaban J connectivity index is 1.85. The zero-order chi connectivity index (χ0) is 16.3. The van der Waals surface area contributed by atoms with E-state index >= 15 is 0 Å². The van der Waals surface area contributed by atoms with E-state index in [0.717, 1.165) is 31.2 Å². The van der Waals surface area contributed by atoms with Gasteiger partial charge in [-0.2, -0.15) is 5.10 Å². The fraction of sp³-hybridized carbons (Fsp3) is 0.765. The molecule has 2 heterocycles. The molecule has 0 bridgehead atoms. The topological polar surface area (TPSA) is 50.2 Å². The summed E-state index contributed by atoms with van der Waals surface area (Å²) in [4.78, 5) is 14.7. The molecule has 1 aliphatic rings. The maximum Gasteiger partial charge on any atom is 0.271 e. The largest absolute Gasteiger partial charge is 0.349 e. The van der Waals surface area contributed by atoms with Gasteiger partial charge in [0.2, 0.25) is 0 Å². The van der Waals surface area contributed by atoms with Crippen LogP contribution in [0.1, 0.15) is 56.7 Å². The Bertz CT molecular complexity index is 515. The number of likely N-dealkylation sites (tertiary alicyclic amines) is 1. The highest BCUT2D eigenvalue weighted by Crippen LogP contribution is 2.17. The lowest BCUT2D eigenvalue weighted by molar-refractivity contribution is 0.0937. The SMILES string of the molecule is Cc1cc(C(=O)NCCN2CCC[C@H](C)C2)nn1C(C)(C)C. The van der Waals surface area contributed by atoms with Crippen LogP contribution in [0.4, 0.5) is 0 Å². The standard InChI is InChI=1S/C17H30N4O/c1-13-7-6-9-20(12-13)10-8-18-16(22)15-11-14(2)21(19-15)17(3,4)5/h11,13H,6-10,12H2,1-5H3,(H,18,22)/t13-/m0/s1. The van der Waals surface area contributed by atoms with Crippen molar-refractivity contribution < 1.29 is 4.79 Å². The molecule has 1 fully saturated rings. The molecule has 0 aromatic carbocycles. The molecular weight excluding hydrogens is 276 g/mol. The minimum atomic E-state index is -0.105. The lowest BCUT2D eigenvalue weighted by Gasteiger charge is -2.30. The normalized spacial score (nSPS) is 20.1. The highest BCUT2D eigenvalue weighted by Gasteiger charge is 2.20. The molecule has 0 saturated carbocycles. The lowest BCUT2D eigenvalue weighted by atomic mass is 10.0. The Morgan fingerprint density at radius 3 is 2.77 bits per heavy atom. The number of nitrogens with one attached hydrogen (secondary N) is 1. The van der Waals surface area contributed by atoms with Gasteiger partial charge in [-0.15, -0.1) is 0 Å². The van der Waals surface area contributed by atoms with Crippen molar-refractivity contribution in [3.05, 3.63) is 17.5 Å². The number of piperidine rings is 1. The van der Waals surface area contributed by atoms with Crippen LogP contribution in [0, 0.1) is 12.8 Å². The van der Waals surface area contributed by atoms with Crippen LogP contribution in [0.3, 0.4) is 0 Å². The summed E-state index contributed by atoms with van der Waals surface area (Å²) in [5.74, 6) is 0.700. The van der Waals surface area contributed by atoms with Crippen molar-refractivity contribution in [3.63, 3.8) is 0 Å². The van der Waals surface area contributed by atoms with Crippen LogP contribution < -0.4 is 5.32 Å². The van der Waals surface area contributed by atoms with Gasteiger partial charge in [0.15, 0.2) is 0 Å². The molecule has 1 amide bonds. The minimum Gasteiger partial charge on any atom is -0.349 e. The number of carbonyl (C=O) groups excluding carboxylic acids is 1. The van der Waals surface area contributed by atoms with Crippen LogP contribution in [0.15, 0.2) is 6.07 Å². The van der Waals surface area contributed by atoms with Crippen molar-refractivity contribution in [2.45, 2.75) is 53.0 Å². The van der Waals surface area contributed by atoms with Crippen molar-refractivity contribution in [1.82, 2.24) is 20.0 Å². The Morgan fingerprint density at radius 1 is 1.45 bits per heavy atom. The summed E-state index contributed by atoms with van der Waals surface area (Å²) in [5.41, 5.74) is 1.42. The molecule has 5 nitrogen and oxygen atoms in total. The van der Waals surface area contributed by atoms with E-state index in [9.17, 15) is 4.79 Å². The Morgan fingerprint density at radius 2 is 2.18 bits per heavy atom. The van der Waals surface area contributed by atoms with Crippen molar-refractivity contribution in [2.24, 2.45) is 5.92 Å². The first-order chi connectivity index (χ1) is 10.3. The summed E-state index contributed by atoms with van der Waals surface area (Å²) >= 11 is 0. The summed E-state index contributed by atoms with van der Waals surface area (Å²) in [6.07, 6.45) is 2.59. The third-order valence-corrected chi connectivity index (χ3v) is 4.21. The first kappa shape index (κ1) is 17.0. The lowest BCUT2D eigenvalue weighted by Crippen LogP contribution is -2.40. The molecule has 1 N–H and O–H groups in total. The minimum absolute atomic E-state index is 0.0730. The van der Waals surface area contributed by atoms with Gasteiger partial charge in [0, 0.05) is 25.3 Å². The fourth-order valence-electron chi connectivity index (χ4n) is 3.17. The Labute approximate surface area is 134 Å². The molecule has 1 atom stereocenters. The fourth-order valence-corrected chi connectivity index (χ4v) is 3.17. The number of amides is 1. The van der Waals surface area contributed by atoms with Crippen molar-refractivity contribution >= 4 is 5.91 Å². The molecule has 0 unspecified atom stereocenters. The predicted octanol–water partition coefficient (Wildman–Crippen LogP) is 2.41. The number of nitrogens with zero attached hydrogens (tertiary/aromatic N) is 3. The van der Waals surface area contributed by atoms with E-state index in [1.807, 2.05) is 17.7 Å². The number of aromatic nitrogens is 2. The van der Waals surface area contributed by atoms with Gasteiger partial charge in [0.1, 0.15) is 5.69 Å². The van der Waals surface area contributed by atoms with E-state index in [1.54, 1.807) is 0 Å². The van der Waals surface area contributed by atoms with Crippen molar-refractivity contribution in [2.75, 3.05) is 26.2 Å². The second-order valence-corrected chi connectivity index (χ2v) is 7.56. The maximum atomic E-state index is 12.2. The van der Waals surface area contributed by atoms with E-state index in [2.05, 4.69) is 43.0 Å². The number of hydrogen-bond donors (Lipinski definition) is 1. The highest BCUT2D eigenvalue weighted by atomic mass is 16.1. The summed E-state index contributed by atoms with van der Waals surface area (Å²) < 4.78 is 1.91. The monoisotopic (exact) mass is 306 g/mol. The molecule has 1 saturated heterocycles. The van der Waals surface area contributed by atoms with Crippen LogP contribution >= 0.6 is 0 Å². The first-order valence-electron chi connectivity index (χ1n) is 8.35. The zero-order valence-electron chi connectivity index (χ0n) is 14.6. The van der Waals surface area contributed by atoms with Crippen LogP contribution in [-0.2, 0) is 5.54 Å². The third kappa shape index (κ3) is 4.32. The molecule has 0 radical (unpaired) electrons. The molecule has 2 rings (SSSR count). The predicted molar refractivity (Wildman–Crippen MR) is 89.1 cm³/mol. The molecule has 1 aromatic rings. The van der Waals surface area contributed by atoms with Crippen LogP contribution in [0.25, 0.3) is 0 Å². The number of rotatable bonds is 4. The summed E-state index contributed by atoms with van der Waals surface area (Å²) in [7, 11) is 0. The zero-order valence-corrected chi connectivity index (χ0v) is 14.6. The van der Waals surface area contributed by atoms with Gasteiger partial charge in [0.05, 0.1) is 5.54 Å². The van der Waals surface area contributed by atoms with E-state index in [1.165, 1.54) is 12.8 Å². The molecule has 0 aliphatic carbocycles. The van der Waals surface area contributed by atoms with Gasteiger partial charge in [-0.3, -0.25) is 9.48 Å². The van der Waals surface area contributed by atoms with E-state index in [4.69, 9.17) is 0 Å². The number of aryl methyl sites for hydroxylation is 1. The highest BCUT2D eigenvalue weighted by molar-refractivity contribution is 5.92. The van der Waals surface area contributed by atoms with Crippen molar-refractivity contribution in [3.8, 4) is 0 Å². The smallest absolute Gasteiger partial charge is 0.271 e.